The van der Waals surface area contributed by atoms with Gasteiger partial charge in [0.1, 0.15) is 0 Å². The van der Waals surface area contributed by atoms with Gasteiger partial charge in [-0.25, -0.2) is 4.79 Å². The van der Waals surface area contributed by atoms with Crippen LogP contribution in [-0.4, -0.2) is 29.6 Å². The number of hydrogen-bond donors (Lipinski definition) is 1. The first-order valence-corrected chi connectivity index (χ1v) is 5.11. The number of rotatable bonds is 5. The largest absolute Gasteiger partial charge is 0.480 e. The normalized spacial score (nSPS) is 11.2. The van der Waals surface area contributed by atoms with E-state index in [4.69, 9.17) is 5.11 Å². The topological polar surface area (TPSA) is 40.5 Å². The lowest BCUT2D eigenvalue weighted by atomic mass is 9.86. The molecule has 0 unspecified atom stereocenters. The van der Waals surface area contributed by atoms with Crippen molar-refractivity contribution < 1.29 is 22.8 Å². The first kappa shape index (κ1) is 13.4. The van der Waals surface area contributed by atoms with E-state index in [2.05, 4.69) is 0 Å². The van der Waals surface area contributed by atoms with E-state index in [0.29, 0.717) is 5.56 Å². The number of halogens is 3. The van der Waals surface area contributed by atoms with E-state index in [1.165, 1.54) is 0 Å². The van der Waals surface area contributed by atoms with Crippen molar-refractivity contribution in [2.24, 2.45) is 0 Å². The maximum absolute atomic E-state index is 12.1. The van der Waals surface area contributed by atoms with E-state index in [-0.39, 0.29) is 6.54 Å². The summed E-state index contributed by atoms with van der Waals surface area (Å²) in [5.74, 6) is 0. The van der Waals surface area contributed by atoms with Gasteiger partial charge >= 0.3 is 13.1 Å². The van der Waals surface area contributed by atoms with Crippen LogP contribution in [0, 0.1) is 0 Å². The lowest BCUT2D eigenvalue weighted by molar-refractivity contribution is 0.144. The number of benzene rings is 1. The molecule has 0 saturated heterocycles. The van der Waals surface area contributed by atoms with Crippen molar-refractivity contribution in [3.63, 3.8) is 0 Å². The van der Waals surface area contributed by atoms with Gasteiger partial charge in [-0.05, 0) is 5.56 Å². The molecule has 0 atom stereocenters. The van der Waals surface area contributed by atoms with Crippen molar-refractivity contribution in [1.29, 1.82) is 0 Å². The number of nitrogens with zero attached hydrogens (tertiary/aromatic N) is 1. The van der Waals surface area contributed by atoms with Crippen LogP contribution in [0.5, 0.6) is 0 Å². The van der Waals surface area contributed by atoms with E-state index >= 15 is 0 Å². The number of carbonyl (C=O) groups is 1. The summed E-state index contributed by atoms with van der Waals surface area (Å²) < 4.78 is 36.2. The summed E-state index contributed by atoms with van der Waals surface area (Å²) >= 11 is 0. The zero-order chi connectivity index (χ0) is 12.9. The molecule has 0 saturated carbocycles. The molecule has 0 heterocycles. The molecule has 0 fully saturated rings. The van der Waals surface area contributed by atoms with Gasteiger partial charge < -0.3 is 23.0 Å². The molecular formula is C10H12BF3NO2-. The molecular weight excluding hydrogens is 234 g/mol. The van der Waals surface area contributed by atoms with Gasteiger partial charge in [0.25, 0.3) is 0 Å². The summed E-state index contributed by atoms with van der Waals surface area (Å²) in [4.78, 5) is 11.6. The molecule has 1 aromatic rings. The highest BCUT2D eigenvalue weighted by Crippen LogP contribution is 2.16. The Bertz CT molecular complexity index is 370. The predicted octanol–water partition coefficient (Wildman–Crippen LogP) is 3.01. The van der Waals surface area contributed by atoms with Gasteiger partial charge in [-0.15, -0.1) is 0 Å². The van der Waals surface area contributed by atoms with Gasteiger partial charge in [0, 0.05) is 13.1 Å². The molecule has 1 rings (SSSR count). The van der Waals surface area contributed by atoms with Crippen molar-refractivity contribution in [2.75, 3.05) is 6.54 Å². The second-order valence-electron chi connectivity index (χ2n) is 3.69. The minimum Gasteiger partial charge on any atom is -0.465 e. The molecule has 0 spiro atoms. The Balaban J connectivity index is 2.59. The molecule has 1 N–H and O–H groups in total. The fourth-order valence-electron chi connectivity index (χ4n) is 1.35. The number of carboxylic acid groups (broad SMARTS) is 1. The Kier molecular flexibility index (Phi) is 4.42. The van der Waals surface area contributed by atoms with Gasteiger partial charge in [0.15, 0.2) is 0 Å². The zero-order valence-electron chi connectivity index (χ0n) is 9.02. The Morgan fingerprint density at radius 2 is 1.82 bits per heavy atom. The van der Waals surface area contributed by atoms with Crippen LogP contribution in [0.2, 0.25) is 6.32 Å². The van der Waals surface area contributed by atoms with Crippen molar-refractivity contribution in [3.8, 4) is 0 Å². The number of hydrogen-bond acceptors (Lipinski definition) is 1. The van der Waals surface area contributed by atoms with Crippen LogP contribution >= 0.6 is 0 Å². The molecule has 0 aromatic heterocycles. The van der Waals surface area contributed by atoms with E-state index in [0.717, 1.165) is 4.90 Å². The van der Waals surface area contributed by atoms with Crippen LogP contribution in [0.25, 0.3) is 0 Å². The molecule has 1 aromatic carbocycles. The Labute approximate surface area is 96.9 Å². The van der Waals surface area contributed by atoms with Gasteiger partial charge in [0.05, 0.1) is 0 Å². The Morgan fingerprint density at radius 1 is 1.24 bits per heavy atom. The summed E-state index contributed by atoms with van der Waals surface area (Å²) in [5, 5.41) is 8.80. The van der Waals surface area contributed by atoms with E-state index in [1.807, 2.05) is 0 Å². The Morgan fingerprint density at radius 3 is 2.29 bits per heavy atom. The average Bonchev–Trinajstić information content (AvgIpc) is 2.24. The third-order valence-corrected chi connectivity index (χ3v) is 2.21. The van der Waals surface area contributed by atoms with Crippen LogP contribution < -0.4 is 0 Å². The molecule has 0 radical (unpaired) electrons. The molecule has 0 bridgehead atoms. The zero-order valence-corrected chi connectivity index (χ0v) is 9.02. The molecule has 7 heteroatoms. The van der Waals surface area contributed by atoms with Crippen molar-refractivity contribution in [1.82, 2.24) is 4.90 Å². The van der Waals surface area contributed by atoms with E-state index in [9.17, 15) is 17.7 Å². The van der Waals surface area contributed by atoms with Crippen molar-refractivity contribution in [3.05, 3.63) is 35.9 Å². The summed E-state index contributed by atoms with van der Waals surface area (Å²) in [6.45, 7) is -5.49. The van der Waals surface area contributed by atoms with Crippen LogP contribution in [0.1, 0.15) is 5.56 Å². The highest BCUT2D eigenvalue weighted by atomic mass is 19.4. The molecule has 1 amide bonds. The van der Waals surface area contributed by atoms with Gasteiger partial charge in [-0.2, -0.15) is 0 Å². The predicted molar refractivity (Wildman–Crippen MR) is 58.8 cm³/mol. The highest BCUT2D eigenvalue weighted by molar-refractivity contribution is 6.58. The van der Waals surface area contributed by atoms with E-state index in [1.54, 1.807) is 30.3 Å². The van der Waals surface area contributed by atoms with Crippen LogP contribution in [0.3, 0.4) is 0 Å². The van der Waals surface area contributed by atoms with Gasteiger partial charge in [-0.3, -0.25) is 0 Å². The van der Waals surface area contributed by atoms with E-state index < -0.39 is 25.9 Å². The molecule has 0 aliphatic heterocycles. The number of amides is 1. The summed E-state index contributed by atoms with van der Waals surface area (Å²) in [7, 11) is 0. The average molecular weight is 246 g/mol. The molecule has 0 aliphatic carbocycles. The lowest BCUT2D eigenvalue weighted by Gasteiger charge is -2.22. The smallest absolute Gasteiger partial charge is 0.465 e. The highest BCUT2D eigenvalue weighted by Gasteiger charge is 2.25. The minimum absolute atomic E-state index is 0.0255. The molecule has 0 aliphatic rings. The lowest BCUT2D eigenvalue weighted by Crippen LogP contribution is -2.33. The third kappa shape index (κ3) is 5.28. The molecule has 17 heavy (non-hydrogen) atoms. The quantitative estimate of drug-likeness (QED) is 0.811. The maximum Gasteiger partial charge on any atom is 0.480 e. The minimum atomic E-state index is -4.95. The Hall–Kier alpha value is -1.66. The molecule has 94 valence electrons. The first-order valence-electron chi connectivity index (χ1n) is 5.11. The third-order valence-electron chi connectivity index (χ3n) is 2.21. The summed E-state index contributed by atoms with van der Waals surface area (Å²) in [6, 6.07) is 8.53. The van der Waals surface area contributed by atoms with Crippen molar-refractivity contribution in [2.45, 2.75) is 12.9 Å². The van der Waals surface area contributed by atoms with Crippen molar-refractivity contribution >= 4 is 13.1 Å². The SMILES string of the molecule is O=C(O)N(CC[B-](F)(F)F)Cc1ccccc1. The standard InChI is InChI=1S/C10H12BF3NO2/c12-11(13,14)6-7-15(10(16)17)8-9-4-2-1-3-5-9/h1-5H,6-8H2,(H,16,17)/q-1. The van der Waals surface area contributed by atoms with Crippen LogP contribution in [0.4, 0.5) is 17.7 Å². The summed E-state index contributed by atoms with van der Waals surface area (Å²) in [5.41, 5.74) is 0.671. The summed E-state index contributed by atoms with van der Waals surface area (Å²) in [6.07, 6.45) is -2.41. The monoisotopic (exact) mass is 246 g/mol. The van der Waals surface area contributed by atoms with Crippen LogP contribution in [0.15, 0.2) is 30.3 Å². The van der Waals surface area contributed by atoms with Crippen LogP contribution in [-0.2, 0) is 6.54 Å². The second-order valence-corrected chi connectivity index (χ2v) is 3.69. The maximum atomic E-state index is 12.1. The van der Waals surface area contributed by atoms with Gasteiger partial charge in [-0.1, -0.05) is 36.7 Å². The fraction of sp³-hybridized carbons (Fsp3) is 0.300. The first-order chi connectivity index (χ1) is 7.88. The second kappa shape index (κ2) is 5.61. The molecule has 3 nitrogen and oxygen atoms in total. The fourth-order valence-corrected chi connectivity index (χ4v) is 1.35. The van der Waals surface area contributed by atoms with Gasteiger partial charge in [0.2, 0.25) is 0 Å².